The normalized spacial score (nSPS) is 26.0. The van der Waals surface area contributed by atoms with Crippen LogP contribution in [0.4, 0.5) is 5.82 Å². The molecule has 3 aliphatic carbocycles. The Kier molecular flexibility index (Phi) is 7.61. The summed E-state index contributed by atoms with van der Waals surface area (Å²) < 4.78 is 10.8. The largest absolute Gasteiger partial charge is 0.478 e. The van der Waals surface area contributed by atoms with Crippen LogP contribution in [0.5, 0.6) is 5.88 Å². The highest BCUT2D eigenvalue weighted by Crippen LogP contribution is 2.95. The maximum absolute atomic E-state index is 13.7. The van der Waals surface area contributed by atoms with E-state index in [-0.39, 0.29) is 18.1 Å². The van der Waals surface area contributed by atoms with Crippen molar-refractivity contribution >= 4 is 45.2 Å². The van der Waals surface area contributed by atoms with Crippen molar-refractivity contribution in [3.63, 3.8) is 0 Å². The van der Waals surface area contributed by atoms with Crippen molar-refractivity contribution in [1.82, 2.24) is 24.8 Å². The molecule has 234 valence electrons. The Morgan fingerprint density at radius 2 is 1.93 bits per heavy atom. The number of amides is 1. The number of aromatic nitrogens is 3. The van der Waals surface area contributed by atoms with Gasteiger partial charge in [0, 0.05) is 49.3 Å². The highest BCUT2D eigenvalue weighted by Gasteiger charge is 2.88. The van der Waals surface area contributed by atoms with E-state index in [9.17, 15) is 4.79 Å². The first kappa shape index (κ1) is 30.8. The minimum Gasteiger partial charge on any atom is -0.478 e. The zero-order valence-electron chi connectivity index (χ0n) is 26.9. The monoisotopic (exact) mass is 623 g/mol. The number of nitrogens with one attached hydrogen (secondary N) is 2. The van der Waals surface area contributed by atoms with Gasteiger partial charge in [0.2, 0.25) is 5.88 Å². The number of hydrogen-bond donors (Lipinski definition) is 2. The second-order valence-corrected chi connectivity index (χ2v) is 15.3. The highest BCUT2D eigenvalue weighted by atomic mass is 32.2. The number of amidine groups is 1. The number of nitrogens with zero attached hydrogens (tertiary/aromatic N) is 5. The third-order valence-corrected chi connectivity index (χ3v) is 11.8. The molecule has 4 fully saturated rings. The Bertz CT molecular complexity index is 1530. The first-order chi connectivity index (χ1) is 21.5. The molecule has 1 atom stereocenters. The number of anilines is 1. The van der Waals surface area contributed by atoms with Gasteiger partial charge >= 0.3 is 0 Å². The van der Waals surface area contributed by atoms with E-state index >= 15 is 0 Å². The number of hydrogen-bond acceptors (Lipinski definition) is 8. The fourth-order valence-electron chi connectivity index (χ4n) is 8.59. The van der Waals surface area contributed by atoms with Crippen molar-refractivity contribution in [2.24, 2.45) is 27.7 Å². The van der Waals surface area contributed by atoms with Gasteiger partial charge in [0.25, 0.3) is 5.91 Å². The van der Waals surface area contributed by atoms with Crippen molar-refractivity contribution in [3.8, 4) is 11.7 Å². The van der Waals surface area contributed by atoms with Gasteiger partial charge in [-0.1, -0.05) is 18.2 Å². The Balaban J connectivity index is 1.13. The van der Waals surface area contributed by atoms with Crippen molar-refractivity contribution in [2.45, 2.75) is 89.8 Å². The smallest absolute Gasteiger partial charge is 0.265 e. The van der Waals surface area contributed by atoms with E-state index in [1.165, 1.54) is 37.6 Å². The van der Waals surface area contributed by atoms with E-state index in [0.717, 1.165) is 49.6 Å². The molecule has 4 heterocycles. The van der Waals surface area contributed by atoms with Gasteiger partial charge < -0.3 is 15.0 Å². The van der Waals surface area contributed by atoms with Crippen LogP contribution in [-0.2, 0) is 0 Å². The molecule has 7 rings (SSSR count). The number of fused-ring (bicyclic) bond motifs is 5. The maximum Gasteiger partial charge on any atom is 0.265 e. The van der Waals surface area contributed by atoms with E-state index in [2.05, 4.69) is 40.8 Å². The predicted octanol–water partition coefficient (Wildman–Crippen LogP) is 5.33. The van der Waals surface area contributed by atoms with Crippen LogP contribution in [0.3, 0.4) is 0 Å². The van der Waals surface area contributed by atoms with E-state index in [4.69, 9.17) is 30.4 Å². The van der Waals surface area contributed by atoms with Gasteiger partial charge in [0.1, 0.15) is 11.7 Å². The molecule has 2 spiro atoms. The fraction of sp³-hybridized carbons (Fsp3) is 0.636. The summed E-state index contributed by atoms with van der Waals surface area (Å²) in [6, 6.07) is 5.50. The lowest BCUT2D eigenvalue weighted by atomic mass is 9.51. The molecule has 4 radical (unpaired) electrons. The van der Waals surface area contributed by atoms with Crippen LogP contribution in [-0.4, -0.2) is 67.4 Å². The summed E-state index contributed by atoms with van der Waals surface area (Å²) in [4.78, 5) is 25.9. The molecule has 0 aromatic carbocycles. The minimum atomic E-state index is -0.862. The van der Waals surface area contributed by atoms with Crippen LogP contribution < -0.4 is 19.7 Å². The lowest BCUT2D eigenvalue weighted by Gasteiger charge is -2.34. The van der Waals surface area contributed by atoms with Gasteiger partial charge in [-0.3, -0.25) is 14.5 Å². The molecular formula is C33H43B2N7O2S. The topological polar surface area (TPSA) is 96.7 Å². The third-order valence-electron chi connectivity index (χ3n) is 10.9. The quantitative estimate of drug-likeness (QED) is 0.332. The highest BCUT2D eigenvalue weighted by molar-refractivity contribution is 8.01. The minimum absolute atomic E-state index is 0.173. The maximum atomic E-state index is 13.7. The Labute approximate surface area is 273 Å². The molecule has 9 nitrogen and oxygen atoms in total. The number of carbonyl (C=O) groups excluding carboxylic acids is 1. The second kappa shape index (κ2) is 11.1. The zero-order valence-corrected chi connectivity index (χ0v) is 27.8. The average Bonchev–Trinajstić information content (AvgIpc) is 3.97. The standard InChI is InChI=1S/C33H43B2N7O2S/c1-5-23-36-16-7-8-21-18-30(3,4)41(19-21)27-22(28(43)40-45-26(6-2)37-23)9-10-24(38-27)42-17-11-25(39-42)44-20-33(34,35)29-31(12-13-31)32(29)14-15-32/h6,9-11,17,21,29H,5,7-8,12-16,18-20H2,1-4H3,(H,36,37)(H,40,43)/b26-6+. The van der Waals surface area contributed by atoms with Crippen LogP contribution >= 0.6 is 11.9 Å². The number of ether oxygens (including phenoxy) is 1. The van der Waals surface area contributed by atoms with Gasteiger partial charge in [-0.25, -0.2) is 9.67 Å². The van der Waals surface area contributed by atoms with E-state index in [1.807, 2.05) is 37.4 Å². The number of aliphatic imine (C=N–C) groups is 1. The van der Waals surface area contributed by atoms with E-state index in [1.54, 1.807) is 4.68 Å². The first-order valence-corrected chi connectivity index (χ1v) is 17.3. The molecule has 2 bridgehead atoms. The SMILES string of the molecule is [B]C([B])(COc1ccn(-c2ccc3c(n2)N2CC(CCCN=C(CC)N/C(=C\C)SNC3=O)CC2(C)C)n1)C1C2(CC2)C12CC2. The summed E-state index contributed by atoms with van der Waals surface area (Å²) in [5.41, 5.74) is 1.14. The van der Waals surface area contributed by atoms with Crippen LogP contribution in [0.25, 0.3) is 5.82 Å². The molecular weight excluding hydrogens is 580 g/mol. The molecule has 12 heteroatoms. The second-order valence-electron chi connectivity index (χ2n) is 14.4. The van der Waals surface area contributed by atoms with Crippen molar-refractivity contribution in [2.75, 3.05) is 24.6 Å². The first-order valence-electron chi connectivity index (χ1n) is 16.5. The fourth-order valence-corrected chi connectivity index (χ4v) is 9.19. The third kappa shape index (κ3) is 5.48. The Hall–Kier alpha value is -2.88. The zero-order chi connectivity index (χ0) is 31.6. The summed E-state index contributed by atoms with van der Waals surface area (Å²) in [6.45, 7) is 10.3. The lowest BCUT2D eigenvalue weighted by molar-refractivity contribution is 0.0984. The molecule has 45 heavy (non-hydrogen) atoms. The summed E-state index contributed by atoms with van der Waals surface area (Å²) in [7, 11) is 13.3. The van der Waals surface area contributed by atoms with Gasteiger partial charge in [-0.05, 0) is 101 Å². The van der Waals surface area contributed by atoms with Crippen LogP contribution in [0.15, 0.2) is 40.5 Å². The summed E-state index contributed by atoms with van der Waals surface area (Å²) in [5, 5.41) is 8.03. The molecule has 1 saturated heterocycles. The molecule has 2 aromatic heterocycles. The molecule has 2 aliphatic heterocycles. The van der Waals surface area contributed by atoms with Gasteiger partial charge in [0.05, 0.1) is 32.9 Å². The number of allylic oxidation sites excluding steroid dienone is 1. The molecule has 2 aromatic rings. The van der Waals surface area contributed by atoms with Gasteiger partial charge in [0.15, 0.2) is 5.82 Å². The van der Waals surface area contributed by atoms with Gasteiger partial charge in [-0.15, -0.1) is 5.10 Å². The predicted molar refractivity (Wildman–Crippen MR) is 181 cm³/mol. The number of pyridine rings is 1. The summed E-state index contributed by atoms with van der Waals surface area (Å²) in [6.07, 6.45) is 12.7. The molecule has 2 N–H and O–H groups in total. The van der Waals surface area contributed by atoms with Crippen LogP contribution in [0.1, 0.15) is 89.4 Å². The molecule has 3 saturated carbocycles. The Morgan fingerprint density at radius 1 is 1.18 bits per heavy atom. The molecule has 1 unspecified atom stereocenters. The molecule has 5 aliphatic rings. The lowest BCUT2D eigenvalue weighted by Crippen LogP contribution is -2.40. The summed E-state index contributed by atoms with van der Waals surface area (Å²) >= 11 is 1.26. The summed E-state index contributed by atoms with van der Waals surface area (Å²) in [5.74, 6) is 3.28. The van der Waals surface area contributed by atoms with Crippen molar-refractivity contribution < 1.29 is 9.53 Å². The van der Waals surface area contributed by atoms with Gasteiger partial charge in [-0.2, -0.15) is 0 Å². The van der Waals surface area contributed by atoms with E-state index in [0.29, 0.717) is 45.7 Å². The molecule has 1 amide bonds. The van der Waals surface area contributed by atoms with Crippen LogP contribution in [0.2, 0.25) is 5.21 Å². The Morgan fingerprint density at radius 3 is 2.62 bits per heavy atom. The average molecular weight is 623 g/mol. The number of carbonyl (C=O) groups is 1. The van der Waals surface area contributed by atoms with Crippen molar-refractivity contribution in [1.29, 1.82) is 0 Å². The number of rotatable bonds is 6. The van der Waals surface area contributed by atoms with Crippen molar-refractivity contribution in [3.05, 3.63) is 41.1 Å². The van der Waals surface area contributed by atoms with Crippen LogP contribution in [0, 0.1) is 22.7 Å². The van der Waals surface area contributed by atoms with E-state index < -0.39 is 5.21 Å².